The first-order valence-electron chi connectivity index (χ1n) is 6.76. The Labute approximate surface area is 105 Å². The van der Waals surface area contributed by atoms with Gasteiger partial charge in [-0.3, -0.25) is 4.79 Å². The van der Waals surface area contributed by atoms with Crippen LogP contribution in [0.4, 0.5) is 0 Å². The van der Waals surface area contributed by atoms with Gasteiger partial charge in [0.25, 0.3) is 0 Å². The number of rotatable bonds is 5. The van der Waals surface area contributed by atoms with Gasteiger partial charge in [-0.2, -0.15) is 0 Å². The third-order valence-electron chi connectivity index (χ3n) is 3.94. The summed E-state index contributed by atoms with van der Waals surface area (Å²) in [6, 6.07) is 0.283. The minimum Gasteiger partial charge on any atom is -0.355 e. The SMILES string of the molecule is CCN(C)CCNC(=O)C1CCC(N)C(C)C1. The van der Waals surface area contributed by atoms with Crippen molar-refractivity contribution in [1.82, 2.24) is 10.2 Å². The number of amides is 1. The Kier molecular flexibility index (Phi) is 5.92. The van der Waals surface area contributed by atoms with Gasteiger partial charge in [0.05, 0.1) is 0 Å². The second kappa shape index (κ2) is 6.97. The van der Waals surface area contributed by atoms with Crippen LogP contribution < -0.4 is 11.1 Å². The largest absolute Gasteiger partial charge is 0.355 e. The van der Waals surface area contributed by atoms with Crippen molar-refractivity contribution in [3.05, 3.63) is 0 Å². The molecule has 3 unspecified atom stereocenters. The minimum atomic E-state index is 0.178. The van der Waals surface area contributed by atoms with E-state index in [2.05, 4.69) is 31.1 Å². The van der Waals surface area contributed by atoms with E-state index in [9.17, 15) is 4.79 Å². The fourth-order valence-electron chi connectivity index (χ4n) is 2.33. The number of nitrogens with zero attached hydrogens (tertiary/aromatic N) is 1. The maximum absolute atomic E-state index is 11.9. The van der Waals surface area contributed by atoms with Crippen LogP contribution in [0.25, 0.3) is 0 Å². The molecule has 0 aromatic carbocycles. The number of nitrogens with one attached hydrogen (secondary N) is 1. The number of likely N-dealkylation sites (N-methyl/N-ethyl adjacent to an activating group) is 1. The van der Waals surface area contributed by atoms with Crippen LogP contribution in [0.2, 0.25) is 0 Å². The van der Waals surface area contributed by atoms with Crippen molar-refractivity contribution in [2.24, 2.45) is 17.6 Å². The van der Waals surface area contributed by atoms with Gasteiger partial charge < -0.3 is 16.0 Å². The van der Waals surface area contributed by atoms with E-state index in [-0.39, 0.29) is 17.9 Å². The van der Waals surface area contributed by atoms with E-state index < -0.39 is 0 Å². The predicted molar refractivity (Wildman–Crippen MR) is 70.7 cm³/mol. The van der Waals surface area contributed by atoms with Gasteiger partial charge in [-0.05, 0) is 38.8 Å². The van der Waals surface area contributed by atoms with Crippen molar-refractivity contribution in [1.29, 1.82) is 0 Å². The van der Waals surface area contributed by atoms with Gasteiger partial charge in [0.1, 0.15) is 0 Å². The number of hydrogen-bond donors (Lipinski definition) is 2. The van der Waals surface area contributed by atoms with E-state index in [0.29, 0.717) is 5.92 Å². The Bertz CT molecular complexity index is 245. The Balaban J connectivity index is 2.24. The van der Waals surface area contributed by atoms with Crippen molar-refractivity contribution in [2.45, 2.75) is 39.2 Å². The summed E-state index contributed by atoms with van der Waals surface area (Å²) in [6.07, 6.45) is 2.87. The molecule has 4 heteroatoms. The van der Waals surface area contributed by atoms with Crippen molar-refractivity contribution >= 4 is 5.91 Å². The quantitative estimate of drug-likeness (QED) is 0.749. The summed E-state index contributed by atoms with van der Waals surface area (Å²) >= 11 is 0. The molecule has 100 valence electrons. The molecular formula is C13H27N3O. The molecule has 0 heterocycles. The molecule has 0 aliphatic heterocycles. The number of carbonyl (C=O) groups is 1. The van der Waals surface area contributed by atoms with Gasteiger partial charge in [-0.25, -0.2) is 0 Å². The molecule has 0 saturated heterocycles. The summed E-state index contributed by atoms with van der Waals surface area (Å²) in [6.45, 7) is 6.95. The highest BCUT2D eigenvalue weighted by Crippen LogP contribution is 2.27. The monoisotopic (exact) mass is 241 g/mol. The molecule has 4 nitrogen and oxygen atoms in total. The highest BCUT2D eigenvalue weighted by Gasteiger charge is 2.29. The van der Waals surface area contributed by atoms with E-state index in [1.54, 1.807) is 0 Å². The van der Waals surface area contributed by atoms with Gasteiger partial charge in [0.15, 0.2) is 0 Å². The lowest BCUT2D eigenvalue weighted by Crippen LogP contribution is -2.42. The Hall–Kier alpha value is -0.610. The van der Waals surface area contributed by atoms with Crippen LogP contribution in [0.3, 0.4) is 0 Å². The van der Waals surface area contributed by atoms with Crippen LogP contribution in [0.15, 0.2) is 0 Å². The zero-order chi connectivity index (χ0) is 12.8. The molecule has 0 spiro atoms. The Morgan fingerprint density at radius 3 is 2.76 bits per heavy atom. The van der Waals surface area contributed by atoms with E-state index in [1.165, 1.54) is 0 Å². The van der Waals surface area contributed by atoms with Crippen molar-refractivity contribution in [3.63, 3.8) is 0 Å². The molecular weight excluding hydrogens is 214 g/mol. The van der Waals surface area contributed by atoms with Gasteiger partial charge in [-0.1, -0.05) is 13.8 Å². The molecule has 3 atom stereocenters. The van der Waals surface area contributed by atoms with Gasteiger partial charge in [-0.15, -0.1) is 0 Å². The molecule has 1 fully saturated rings. The van der Waals surface area contributed by atoms with Crippen molar-refractivity contribution < 1.29 is 4.79 Å². The summed E-state index contributed by atoms with van der Waals surface area (Å²) < 4.78 is 0. The fraction of sp³-hybridized carbons (Fsp3) is 0.923. The zero-order valence-corrected chi connectivity index (χ0v) is 11.4. The molecule has 1 amide bonds. The van der Waals surface area contributed by atoms with E-state index in [4.69, 9.17) is 5.73 Å². The predicted octanol–water partition coefficient (Wildman–Crippen LogP) is 0.818. The summed E-state index contributed by atoms with van der Waals surface area (Å²) in [4.78, 5) is 14.1. The summed E-state index contributed by atoms with van der Waals surface area (Å²) in [7, 11) is 2.06. The fourth-order valence-corrected chi connectivity index (χ4v) is 2.33. The number of nitrogens with two attached hydrogens (primary N) is 1. The van der Waals surface area contributed by atoms with Crippen LogP contribution in [0.5, 0.6) is 0 Å². The van der Waals surface area contributed by atoms with Crippen molar-refractivity contribution in [2.75, 3.05) is 26.7 Å². The third-order valence-corrected chi connectivity index (χ3v) is 3.94. The van der Waals surface area contributed by atoms with Crippen LogP contribution in [0.1, 0.15) is 33.1 Å². The molecule has 17 heavy (non-hydrogen) atoms. The normalized spacial score (nSPS) is 29.4. The molecule has 1 aliphatic rings. The van der Waals surface area contributed by atoms with Crippen LogP contribution in [-0.4, -0.2) is 43.5 Å². The maximum Gasteiger partial charge on any atom is 0.223 e. The highest BCUT2D eigenvalue weighted by molar-refractivity contribution is 5.78. The molecule has 1 saturated carbocycles. The molecule has 0 aromatic heterocycles. The number of carbonyl (C=O) groups excluding carboxylic acids is 1. The van der Waals surface area contributed by atoms with Crippen LogP contribution in [0, 0.1) is 11.8 Å². The molecule has 0 bridgehead atoms. The first kappa shape index (κ1) is 14.5. The van der Waals surface area contributed by atoms with E-state index in [0.717, 1.165) is 38.9 Å². The molecule has 0 aromatic rings. The Morgan fingerprint density at radius 2 is 2.18 bits per heavy atom. The van der Waals surface area contributed by atoms with Gasteiger partial charge in [0.2, 0.25) is 5.91 Å². The first-order valence-corrected chi connectivity index (χ1v) is 6.76. The standard InChI is InChI=1S/C13H27N3O/c1-4-16(3)8-7-15-13(17)11-5-6-12(14)10(2)9-11/h10-12H,4-9,14H2,1-3H3,(H,15,17). The first-order chi connectivity index (χ1) is 8.04. The topological polar surface area (TPSA) is 58.4 Å². The average Bonchev–Trinajstić information content (AvgIpc) is 2.32. The Morgan fingerprint density at radius 1 is 1.47 bits per heavy atom. The lowest BCUT2D eigenvalue weighted by molar-refractivity contribution is -0.126. The summed E-state index contributed by atoms with van der Waals surface area (Å²) in [5.41, 5.74) is 5.96. The average molecular weight is 241 g/mol. The molecule has 1 rings (SSSR count). The minimum absolute atomic E-state index is 0.178. The molecule has 0 radical (unpaired) electrons. The molecule has 1 aliphatic carbocycles. The molecule has 3 N–H and O–H groups in total. The smallest absolute Gasteiger partial charge is 0.223 e. The maximum atomic E-state index is 11.9. The van der Waals surface area contributed by atoms with Gasteiger partial charge in [0, 0.05) is 25.0 Å². The number of hydrogen-bond acceptors (Lipinski definition) is 3. The lowest BCUT2D eigenvalue weighted by atomic mass is 9.79. The van der Waals surface area contributed by atoms with Crippen LogP contribution in [-0.2, 0) is 4.79 Å². The van der Waals surface area contributed by atoms with Crippen LogP contribution >= 0.6 is 0 Å². The summed E-state index contributed by atoms with van der Waals surface area (Å²) in [5, 5.41) is 3.03. The third kappa shape index (κ3) is 4.64. The summed E-state index contributed by atoms with van der Waals surface area (Å²) in [5.74, 6) is 0.864. The van der Waals surface area contributed by atoms with Crippen molar-refractivity contribution in [3.8, 4) is 0 Å². The van der Waals surface area contributed by atoms with Gasteiger partial charge >= 0.3 is 0 Å². The second-order valence-corrected chi connectivity index (χ2v) is 5.34. The zero-order valence-electron chi connectivity index (χ0n) is 11.4. The van der Waals surface area contributed by atoms with E-state index in [1.807, 2.05) is 0 Å². The highest BCUT2D eigenvalue weighted by atomic mass is 16.1. The lowest BCUT2D eigenvalue weighted by Gasteiger charge is -2.31. The second-order valence-electron chi connectivity index (χ2n) is 5.34. The van der Waals surface area contributed by atoms with E-state index >= 15 is 0 Å².